The number of carbonyl (C=O) groups is 2. The van der Waals surface area contributed by atoms with Crippen molar-refractivity contribution in [2.24, 2.45) is 0 Å². The van der Waals surface area contributed by atoms with Crippen LogP contribution in [0.1, 0.15) is 42.1 Å². The van der Waals surface area contributed by atoms with Gasteiger partial charge >= 0.3 is 5.97 Å². The quantitative estimate of drug-likeness (QED) is 0.473. The summed E-state index contributed by atoms with van der Waals surface area (Å²) in [4.78, 5) is 27.4. The van der Waals surface area contributed by atoms with E-state index in [-0.39, 0.29) is 19.0 Å². The summed E-state index contributed by atoms with van der Waals surface area (Å²) in [6.45, 7) is 0.792. The molecule has 0 saturated carbocycles. The lowest BCUT2D eigenvalue weighted by Crippen LogP contribution is -2.74. The lowest BCUT2D eigenvalue weighted by Gasteiger charge is -2.61. The zero-order chi connectivity index (χ0) is 26.7. The second-order valence-electron chi connectivity index (χ2n) is 10.6. The maximum atomic E-state index is 12.9. The molecule has 0 radical (unpaired) electrons. The summed E-state index contributed by atoms with van der Waals surface area (Å²) in [6, 6.07) is 12.4. The summed E-state index contributed by atoms with van der Waals surface area (Å²) in [5.74, 6) is 0.475. The summed E-state index contributed by atoms with van der Waals surface area (Å²) >= 11 is 0. The van der Waals surface area contributed by atoms with Gasteiger partial charge < -0.3 is 34.6 Å². The van der Waals surface area contributed by atoms with E-state index in [4.69, 9.17) is 14.2 Å². The van der Waals surface area contributed by atoms with Gasteiger partial charge in [-0.1, -0.05) is 36.4 Å². The first-order valence-electron chi connectivity index (χ1n) is 13.0. The highest BCUT2D eigenvalue weighted by Crippen LogP contribution is 2.65. The van der Waals surface area contributed by atoms with Crippen LogP contribution >= 0.6 is 0 Å². The number of rotatable bonds is 7. The predicted molar refractivity (Wildman–Crippen MR) is 137 cm³/mol. The van der Waals surface area contributed by atoms with E-state index >= 15 is 0 Å². The van der Waals surface area contributed by atoms with Crippen LogP contribution in [0.3, 0.4) is 0 Å². The molecule has 6 rings (SSSR count). The van der Waals surface area contributed by atoms with Gasteiger partial charge in [0.15, 0.2) is 23.7 Å². The van der Waals surface area contributed by atoms with Crippen LogP contribution in [0.4, 0.5) is 0 Å². The number of methoxy groups -OCH3 is 1. The number of hydrogen-bond donors (Lipinski definition) is 3. The second-order valence-corrected chi connectivity index (χ2v) is 10.6. The molecule has 9 heteroatoms. The average molecular weight is 521 g/mol. The number of carbonyl (C=O) groups excluding carboxylic acids is 2. The first-order valence-corrected chi connectivity index (χ1v) is 13.0. The molecular weight excluding hydrogens is 488 g/mol. The number of piperidine rings is 1. The smallest absolute Gasteiger partial charge is 0.312 e. The van der Waals surface area contributed by atoms with Crippen LogP contribution in [0.2, 0.25) is 0 Å². The molecule has 2 aliphatic carbocycles. The van der Waals surface area contributed by atoms with Crippen molar-refractivity contribution >= 4 is 11.9 Å². The van der Waals surface area contributed by atoms with E-state index in [1.807, 2.05) is 19.2 Å². The predicted octanol–water partition coefficient (Wildman–Crippen LogP) is 1.76. The van der Waals surface area contributed by atoms with Gasteiger partial charge in [0, 0.05) is 24.6 Å². The Kier molecular flexibility index (Phi) is 5.97. The number of likely N-dealkylation sites (tertiary alicyclic amines) is 1. The van der Waals surface area contributed by atoms with Crippen molar-refractivity contribution < 1.29 is 34.0 Å². The second kappa shape index (κ2) is 9.11. The van der Waals surface area contributed by atoms with Crippen LogP contribution in [0.25, 0.3) is 0 Å². The van der Waals surface area contributed by atoms with E-state index in [2.05, 4.69) is 10.2 Å². The number of amides is 1. The number of nitrogens with one attached hydrogen (secondary N) is 1. The van der Waals surface area contributed by atoms with E-state index in [0.29, 0.717) is 42.1 Å². The van der Waals surface area contributed by atoms with Gasteiger partial charge in [-0.05, 0) is 49.7 Å². The van der Waals surface area contributed by atoms with Crippen LogP contribution in [-0.4, -0.2) is 72.0 Å². The largest absolute Gasteiger partial charge is 0.493 e. The van der Waals surface area contributed by atoms with Gasteiger partial charge in [0.05, 0.1) is 24.5 Å². The molecule has 5 atom stereocenters. The minimum Gasteiger partial charge on any atom is -0.493 e. The average Bonchev–Trinajstić information content (AvgIpc) is 3.28. The molecule has 9 nitrogen and oxygen atoms in total. The number of benzene rings is 2. The highest BCUT2D eigenvalue weighted by atomic mass is 16.6. The SMILES string of the molecule is COc1ccc2c3c1O[C@H]1C(OC(=O)CCNC(=O)[C@H](O)c4ccccc4)=CC[C@@]4(O)[C@@H](C2)N(C)CC[C@]314. The van der Waals surface area contributed by atoms with Crippen LogP contribution < -0.4 is 14.8 Å². The van der Waals surface area contributed by atoms with E-state index in [1.165, 1.54) is 0 Å². The number of nitrogens with zero attached hydrogens (tertiary/aromatic N) is 1. The Balaban J connectivity index is 1.20. The first-order chi connectivity index (χ1) is 18.3. The van der Waals surface area contributed by atoms with E-state index in [0.717, 1.165) is 17.7 Å². The highest BCUT2D eigenvalue weighted by molar-refractivity contribution is 5.82. The number of aliphatic hydroxyl groups excluding tert-OH is 1. The van der Waals surface area contributed by atoms with Gasteiger partial charge in [-0.15, -0.1) is 0 Å². The van der Waals surface area contributed by atoms with Gasteiger partial charge in [-0.3, -0.25) is 9.59 Å². The Morgan fingerprint density at radius 3 is 2.79 bits per heavy atom. The van der Waals surface area contributed by atoms with Crippen LogP contribution in [0, 0.1) is 0 Å². The summed E-state index contributed by atoms with van der Waals surface area (Å²) in [6.07, 6.45) is 1.39. The molecular formula is C29H32N2O7. The zero-order valence-electron chi connectivity index (χ0n) is 21.5. The molecule has 2 aromatic carbocycles. The molecule has 1 saturated heterocycles. The number of ether oxygens (including phenoxy) is 3. The molecule has 1 fully saturated rings. The summed E-state index contributed by atoms with van der Waals surface area (Å²) in [5, 5.41) is 25.1. The fourth-order valence-corrected chi connectivity index (χ4v) is 6.94. The Morgan fingerprint density at radius 1 is 1.24 bits per heavy atom. The molecule has 3 N–H and O–H groups in total. The summed E-state index contributed by atoms with van der Waals surface area (Å²) in [7, 11) is 3.63. The van der Waals surface area contributed by atoms with Crippen molar-refractivity contribution in [2.75, 3.05) is 27.2 Å². The number of hydrogen-bond acceptors (Lipinski definition) is 8. The molecule has 38 heavy (non-hydrogen) atoms. The van der Waals surface area contributed by atoms with Gasteiger partial charge in [-0.2, -0.15) is 0 Å². The molecule has 2 aliphatic heterocycles. The van der Waals surface area contributed by atoms with E-state index < -0.39 is 35.1 Å². The van der Waals surface area contributed by atoms with E-state index in [1.54, 1.807) is 43.5 Å². The van der Waals surface area contributed by atoms with Crippen molar-refractivity contribution in [1.82, 2.24) is 10.2 Å². The molecule has 2 aromatic rings. The number of likely N-dealkylation sites (N-methyl/N-ethyl adjacent to an activating group) is 1. The van der Waals surface area contributed by atoms with Gasteiger partial charge in [0.2, 0.25) is 0 Å². The van der Waals surface area contributed by atoms with Crippen molar-refractivity contribution in [3.05, 3.63) is 71.0 Å². The lowest BCUT2D eigenvalue weighted by molar-refractivity contribution is -0.169. The zero-order valence-corrected chi connectivity index (χ0v) is 21.5. The topological polar surface area (TPSA) is 118 Å². The molecule has 1 spiro atoms. The van der Waals surface area contributed by atoms with Crippen LogP contribution in [0.5, 0.6) is 11.5 Å². The molecule has 0 aromatic heterocycles. The monoisotopic (exact) mass is 520 g/mol. The normalized spacial score (nSPS) is 29.4. The van der Waals surface area contributed by atoms with Gasteiger partial charge in [-0.25, -0.2) is 0 Å². The minimum atomic E-state index is -1.32. The Labute approximate surface area is 221 Å². The van der Waals surface area contributed by atoms with E-state index in [9.17, 15) is 19.8 Å². The summed E-state index contributed by atoms with van der Waals surface area (Å²) in [5.41, 5.74) is 0.741. The minimum absolute atomic E-state index is 0.0144. The Bertz CT molecular complexity index is 1310. The van der Waals surface area contributed by atoms with Crippen molar-refractivity contribution in [2.45, 2.75) is 54.9 Å². The molecule has 2 heterocycles. The molecule has 4 aliphatic rings. The maximum Gasteiger partial charge on any atom is 0.312 e. The highest BCUT2D eigenvalue weighted by Gasteiger charge is 2.72. The summed E-state index contributed by atoms with van der Waals surface area (Å²) < 4.78 is 17.9. The fourth-order valence-electron chi connectivity index (χ4n) is 6.94. The third-order valence-electron chi connectivity index (χ3n) is 8.78. The number of aliphatic hydroxyl groups is 2. The standard InChI is InChI=1S/C29H32N2O7/c1-31-15-13-28-23-18-8-9-19(36-2)25(23)38-26(28)20(10-12-29(28,35)21(31)16-18)37-22(32)11-14-30-27(34)24(33)17-6-4-3-5-7-17/h3-10,21,24,26,33,35H,11-16H2,1-2H3,(H,30,34)/t21-,24-,26+,28+,29-/m1/s1. The molecule has 200 valence electrons. The lowest BCUT2D eigenvalue weighted by atomic mass is 9.50. The van der Waals surface area contributed by atoms with Crippen molar-refractivity contribution in [3.63, 3.8) is 0 Å². The number of esters is 1. The van der Waals surface area contributed by atoms with Crippen LogP contribution in [0.15, 0.2) is 54.3 Å². The van der Waals surface area contributed by atoms with Crippen molar-refractivity contribution in [1.29, 1.82) is 0 Å². The third kappa shape index (κ3) is 3.49. The fraction of sp³-hybridized carbons (Fsp3) is 0.448. The molecule has 2 bridgehead atoms. The Hall–Kier alpha value is -3.40. The van der Waals surface area contributed by atoms with Gasteiger partial charge in [0.1, 0.15) is 5.76 Å². The Morgan fingerprint density at radius 2 is 2.03 bits per heavy atom. The third-order valence-corrected chi connectivity index (χ3v) is 8.78. The molecule has 1 amide bonds. The first kappa shape index (κ1) is 24.9. The van der Waals surface area contributed by atoms with Crippen LogP contribution in [-0.2, 0) is 26.2 Å². The van der Waals surface area contributed by atoms with Crippen molar-refractivity contribution in [3.8, 4) is 11.5 Å². The van der Waals surface area contributed by atoms with Gasteiger partial charge in [0.25, 0.3) is 5.91 Å². The molecule has 0 unspecified atom stereocenters. The maximum absolute atomic E-state index is 12.9.